The molecule has 0 saturated heterocycles. The second kappa shape index (κ2) is 4.18. The molecule has 2 aromatic rings. The Morgan fingerprint density at radius 2 is 2.06 bits per heavy atom. The third-order valence-corrected chi connectivity index (χ3v) is 1.98. The van der Waals surface area contributed by atoms with Crippen LogP contribution in [0.4, 0.5) is 14.6 Å². The van der Waals surface area contributed by atoms with Crippen LogP contribution in [0.5, 0.6) is 0 Å². The maximum atomic E-state index is 13.4. The zero-order valence-corrected chi connectivity index (χ0v) is 8.41. The van der Waals surface area contributed by atoms with Crippen molar-refractivity contribution in [2.45, 2.75) is 0 Å². The maximum Gasteiger partial charge on any atom is 0.186 e. The van der Waals surface area contributed by atoms with Gasteiger partial charge in [-0.1, -0.05) is 0 Å². The van der Waals surface area contributed by atoms with Crippen molar-refractivity contribution in [1.29, 1.82) is 0 Å². The van der Waals surface area contributed by atoms with E-state index in [0.717, 1.165) is 18.2 Å². The first-order valence-corrected chi connectivity index (χ1v) is 4.53. The van der Waals surface area contributed by atoms with E-state index < -0.39 is 11.6 Å². The molecule has 0 aliphatic carbocycles. The van der Waals surface area contributed by atoms with Gasteiger partial charge in [0.05, 0.1) is 11.8 Å². The van der Waals surface area contributed by atoms with E-state index in [-0.39, 0.29) is 11.4 Å². The van der Waals surface area contributed by atoms with Crippen LogP contribution in [0.15, 0.2) is 24.4 Å². The van der Waals surface area contributed by atoms with Crippen LogP contribution in [0.3, 0.4) is 0 Å². The van der Waals surface area contributed by atoms with Crippen molar-refractivity contribution in [2.75, 3.05) is 12.4 Å². The van der Waals surface area contributed by atoms with Crippen molar-refractivity contribution in [3.8, 4) is 11.4 Å². The normalized spacial score (nSPS) is 10.2. The second-order valence-corrected chi connectivity index (χ2v) is 3.04. The Morgan fingerprint density at radius 1 is 1.25 bits per heavy atom. The van der Waals surface area contributed by atoms with Crippen LogP contribution in [-0.2, 0) is 0 Å². The number of benzene rings is 1. The van der Waals surface area contributed by atoms with Crippen LogP contribution in [-0.4, -0.2) is 22.2 Å². The van der Waals surface area contributed by atoms with Crippen molar-refractivity contribution >= 4 is 5.82 Å². The summed E-state index contributed by atoms with van der Waals surface area (Å²) in [5.41, 5.74) is -0.00963. The van der Waals surface area contributed by atoms with Gasteiger partial charge < -0.3 is 5.32 Å². The monoisotopic (exact) mass is 222 g/mol. The molecule has 0 aliphatic heterocycles. The van der Waals surface area contributed by atoms with Gasteiger partial charge in [0, 0.05) is 7.05 Å². The van der Waals surface area contributed by atoms with Gasteiger partial charge >= 0.3 is 0 Å². The Hall–Kier alpha value is -2.11. The first kappa shape index (κ1) is 10.4. The number of hydrogen-bond donors (Lipinski definition) is 1. The van der Waals surface area contributed by atoms with Crippen molar-refractivity contribution in [2.24, 2.45) is 0 Å². The van der Waals surface area contributed by atoms with Gasteiger partial charge in [0.1, 0.15) is 17.5 Å². The molecule has 0 unspecified atom stereocenters. The lowest BCUT2D eigenvalue weighted by atomic mass is 10.2. The molecule has 1 N–H and O–H groups in total. The number of hydrogen-bond acceptors (Lipinski definition) is 4. The van der Waals surface area contributed by atoms with E-state index in [1.54, 1.807) is 7.05 Å². The Balaban J connectivity index is 2.53. The number of nitrogens with zero attached hydrogens (tertiary/aromatic N) is 3. The highest BCUT2D eigenvalue weighted by molar-refractivity contribution is 5.56. The average molecular weight is 222 g/mol. The lowest BCUT2D eigenvalue weighted by Gasteiger charge is -2.03. The second-order valence-electron chi connectivity index (χ2n) is 3.04. The van der Waals surface area contributed by atoms with Gasteiger partial charge in [0.15, 0.2) is 5.82 Å². The fourth-order valence-electron chi connectivity index (χ4n) is 1.21. The summed E-state index contributed by atoms with van der Waals surface area (Å²) in [6.07, 6.45) is 1.39. The van der Waals surface area contributed by atoms with Crippen LogP contribution in [0.25, 0.3) is 11.4 Å². The molecule has 0 atom stereocenters. The average Bonchev–Trinajstić information content (AvgIpc) is 2.32. The summed E-state index contributed by atoms with van der Waals surface area (Å²) in [5.74, 6) is -0.649. The molecule has 1 heterocycles. The molecular weight excluding hydrogens is 214 g/mol. The van der Waals surface area contributed by atoms with Crippen molar-refractivity contribution in [3.05, 3.63) is 36.0 Å². The van der Waals surface area contributed by atoms with Crippen molar-refractivity contribution < 1.29 is 8.78 Å². The molecule has 0 radical (unpaired) electrons. The zero-order valence-electron chi connectivity index (χ0n) is 8.41. The molecule has 0 spiro atoms. The quantitative estimate of drug-likeness (QED) is 0.842. The van der Waals surface area contributed by atoms with Gasteiger partial charge in [-0.05, 0) is 18.2 Å². The smallest absolute Gasteiger partial charge is 0.186 e. The SMILES string of the molecule is CNc1cnnc(-c2cc(F)ccc2F)n1. The van der Waals surface area contributed by atoms with Gasteiger partial charge in [-0.15, -0.1) is 5.10 Å². The molecule has 1 aromatic heterocycles. The first-order chi connectivity index (χ1) is 7.70. The Bertz CT molecular complexity index is 516. The number of halogens is 2. The first-order valence-electron chi connectivity index (χ1n) is 4.53. The van der Waals surface area contributed by atoms with E-state index in [0.29, 0.717) is 5.82 Å². The van der Waals surface area contributed by atoms with Crippen molar-refractivity contribution in [3.63, 3.8) is 0 Å². The van der Waals surface area contributed by atoms with Gasteiger partial charge in [0.25, 0.3) is 0 Å². The molecule has 6 heteroatoms. The summed E-state index contributed by atoms with van der Waals surface area (Å²) in [7, 11) is 1.65. The highest BCUT2D eigenvalue weighted by atomic mass is 19.1. The molecule has 0 bridgehead atoms. The maximum absolute atomic E-state index is 13.4. The lowest BCUT2D eigenvalue weighted by molar-refractivity contribution is 0.601. The summed E-state index contributed by atoms with van der Waals surface area (Å²) < 4.78 is 26.4. The number of nitrogens with one attached hydrogen (secondary N) is 1. The van der Waals surface area contributed by atoms with Crippen LogP contribution >= 0.6 is 0 Å². The molecule has 0 aliphatic rings. The topological polar surface area (TPSA) is 50.7 Å². The van der Waals surface area contributed by atoms with Gasteiger partial charge in [0.2, 0.25) is 0 Å². The fraction of sp³-hybridized carbons (Fsp3) is 0.100. The molecule has 16 heavy (non-hydrogen) atoms. The number of rotatable bonds is 2. The zero-order chi connectivity index (χ0) is 11.5. The fourth-order valence-corrected chi connectivity index (χ4v) is 1.21. The largest absolute Gasteiger partial charge is 0.372 e. The molecule has 0 amide bonds. The standard InChI is InChI=1S/C10H8F2N4/c1-13-9-5-14-16-10(15-9)7-4-6(11)2-3-8(7)12/h2-5H,1H3,(H,13,15,16). The summed E-state index contributed by atoms with van der Waals surface area (Å²) >= 11 is 0. The minimum atomic E-state index is -0.587. The van der Waals surface area contributed by atoms with E-state index in [4.69, 9.17) is 0 Å². The minimum Gasteiger partial charge on any atom is -0.372 e. The number of anilines is 1. The summed E-state index contributed by atoms with van der Waals surface area (Å²) in [6, 6.07) is 3.10. The van der Waals surface area contributed by atoms with Crippen LogP contribution in [0, 0.1) is 11.6 Å². The van der Waals surface area contributed by atoms with Crippen LogP contribution in [0.2, 0.25) is 0 Å². The Morgan fingerprint density at radius 3 is 2.81 bits per heavy atom. The third-order valence-electron chi connectivity index (χ3n) is 1.98. The van der Waals surface area contributed by atoms with E-state index in [9.17, 15) is 8.78 Å². The minimum absolute atomic E-state index is 0.00963. The Kier molecular flexibility index (Phi) is 2.72. The molecule has 0 fully saturated rings. The summed E-state index contributed by atoms with van der Waals surface area (Å²) in [5, 5.41) is 10.0. The van der Waals surface area contributed by atoms with Gasteiger partial charge in [-0.25, -0.2) is 13.8 Å². The lowest BCUT2D eigenvalue weighted by Crippen LogP contribution is -1.99. The van der Waals surface area contributed by atoms with Gasteiger partial charge in [-0.3, -0.25) is 0 Å². The predicted octanol–water partition coefficient (Wildman–Crippen LogP) is 1.86. The molecule has 4 nitrogen and oxygen atoms in total. The predicted molar refractivity (Wildman–Crippen MR) is 54.7 cm³/mol. The number of aromatic nitrogens is 3. The van der Waals surface area contributed by atoms with E-state index >= 15 is 0 Å². The van der Waals surface area contributed by atoms with Crippen LogP contribution in [0.1, 0.15) is 0 Å². The molecule has 2 rings (SSSR count). The third kappa shape index (κ3) is 1.95. The molecule has 0 saturated carbocycles. The van der Waals surface area contributed by atoms with Crippen LogP contribution < -0.4 is 5.32 Å². The van der Waals surface area contributed by atoms with Crippen molar-refractivity contribution in [1.82, 2.24) is 15.2 Å². The Labute approximate surface area is 90.4 Å². The summed E-state index contributed by atoms with van der Waals surface area (Å²) in [4.78, 5) is 3.97. The highest BCUT2D eigenvalue weighted by Crippen LogP contribution is 2.20. The van der Waals surface area contributed by atoms with E-state index in [2.05, 4.69) is 20.5 Å². The van der Waals surface area contributed by atoms with Gasteiger partial charge in [-0.2, -0.15) is 5.10 Å². The molecule has 1 aromatic carbocycles. The van der Waals surface area contributed by atoms with E-state index in [1.807, 2.05) is 0 Å². The molecule has 82 valence electrons. The molecular formula is C10H8F2N4. The highest BCUT2D eigenvalue weighted by Gasteiger charge is 2.10. The van der Waals surface area contributed by atoms with E-state index in [1.165, 1.54) is 6.20 Å². The summed E-state index contributed by atoms with van der Waals surface area (Å²) in [6.45, 7) is 0.